The first-order valence-corrected chi connectivity index (χ1v) is 16.8. The Morgan fingerprint density at radius 1 is 0.863 bits per heavy atom. The molecule has 0 aromatic heterocycles. The van der Waals surface area contributed by atoms with E-state index in [2.05, 4.69) is 0 Å². The number of rotatable bonds is 6. The van der Waals surface area contributed by atoms with Crippen LogP contribution in [0.5, 0.6) is 11.5 Å². The van der Waals surface area contributed by atoms with Crippen molar-refractivity contribution in [3.63, 3.8) is 0 Å². The molecule has 2 amide bonds. The molecule has 0 radical (unpaired) electrons. The zero-order chi connectivity index (χ0) is 35.6. The Hall–Kier alpha value is -6.16. The Bertz CT molecular complexity index is 2190. The lowest BCUT2D eigenvalue weighted by atomic mass is 9.44. The number of non-ortho nitro benzene ring substituents is 1. The van der Waals surface area contributed by atoms with Crippen LogP contribution in [-0.2, 0) is 24.6 Å². The number of carbonyl (C=O) groups excluding carboxylic acids is 4. The quantitative estimate of drug-likeness (QED) is 0.108. The van der Waals surface area contributed by atoms with Crippen molar-refractivity contribution in [2.45, 2.75) is 24.2 Å². The predicted octanol–water partition coefficient (Wildman–Crippen LogP) is 6.34. The Balaban J connectivity index is 1.34. The first-order chi connectivity index (χ1) is 24.7. The number of Topliss-reactive ketones (excluding diaryl/α,β-unsaturated/α-hetero) is 1. The van der Waals surface area contributed by atoms with E-state index >= 15 is 4.79 Å². The second-order valence-electron chi connectivity index (χ2n) is 13.5. The third-order valence-corrected chi connectivity index (χ3v) is 11.2. The van der Waals surface area contributed by atoms with Crippen molar-refractivity contribution in [3.8, 4) is 11.5 Å². The fourth-order valence-corrected chi connectivity index (χ4v) is 9.09. The number of anilines is 1. The summed E-state index contributed by atoms with van der Waals surface area (Å²) in [6.07, 6.45) is 3.65. The highest BCUT2D eigenvalue weighted by Gasteiger charge is 2.66. The molecule has 4 aromatic carbocycles. The number of benzene rings is 4. The van der Waals surface area contributed by atoms with Gasteiger partial charge in [0.05, 0.1) is 35.0 Å². The van der Waals surface area contributed by atoms with E-state index in [9.17, 15) is 29.6 Å². The van der Waals surface area contributed by atoms with Crippen LogP contribution < -0.4 is 9.64 Å². The van der Waals surface area contributed by atoms with Gasteiger partial charge >= 0.3 is 0 Å². The van der Waals surface area contributed by atoms with Gasteiger partial charge in [0.1, 0.15) is 11.5 Å². The molecule has 1 heterocycles. The maximum Gasteiger partial charge on any atom is 0.269 e. The highest BCUT2D eigenvalue weighted by Crippen LogP contribution is 2.64. The van der Waals surface area contributed by atoms with Crippen LogP contribution in [0.3, 0.4) is 0 Å². The summed E-state index contributed by atoms with van der Waals surface area (Å²) in [5.74, 6) is -5.24. The van der Waals surface area contributed by atoms with E-state index in [4.69, 9.17) is 4.74 Å². The summed E-state index contributed by atoms with van der Waals surface area (Å²) in [4.78, 5) is 70.4. The van der Waals surface area contributed by atoms with Crippen LogP contribution in [0, 0.1) is 33.8 Å². The van der Waals surface area contributed by atoms with E-state index in [0.29, 0.717) is 28.0 Å². The van der Waals surface area contributed by atoms with Crippen LogP contribution in [0.1, 0.15) is 35.4 Å². The second-order valence-corrected chi connectivity index (χ2v) is 13.5. The lowest BCUT2D eigenvalue weighted by molar-refractivity contribution is -0.384. The smallest absolute Gasteiger partial charge is 0.269 e. The molecule has 0 spiro atoms. The fraction of sp³-hybridized carbons (Fsp3) is 0.220. The van der Waals surface area contributed by atoms with Crippen molar-refractivity contribution in [2.75, 3.05) is 12.0 Å². The maximum absolute atomic E-state index is 15.1. The van der Waals surface area contributed by atoms with Gasteiger partial charge in [-0.25, -0.2) is 0 Å². The normalized spacial score (nSPS) is 26.8. The topological polar surface area (TPSA) is 144 Å². The molecule has 8 rings (SSSR count). The van der Waals surface area contributed by atoms with Gasteiger partial charge < -0.3 is 9.84 Å². The number of methoxy groups -OCH3 is 1. The molecule has 1 saturated carbocycles. The first kappa shape index (κ1) is 32.1. The zero-order valence-corrected chi connectivity index (χ0v) is 27.5. The molecule has 10 nitrogen and oxygen atoms in total. The van der Waals surface area contributed by atoms with Gasteiger partial charge in [-0.2, -0.15) is 0 Å². The van der Waals surface area contributed by atoms with Gasteiger partial charge in [0.15, 0.2) is 11.6 Å². The number of nitro benzene ring substituents is 1. The number of carbonyl (C=O) groups is 4. The van der Waals surface area contributed by atoms with Crippen molar-refractivity contribution < 1.29 is 33.9 Å². The molecule has 6 atom stereocenters. The molecule has 1 N–H and O–H groups in total. The number of phenolic OH excluding ortho intramolecular Hbond substituents is 1. The van der Waals surface area contributed by atoms with E-state index in [1.807, 2.05) is 42.5 Å². The maximum atomic E-state index is 15.1. The molecule has 2 fully saturated rings. The van der Waals surface area contributed by atoms with Crippen molar-refractivity contribution in [1.82, 2.24) is 0 Å². The molecule has 51 heavy (non-hydrogen) atoms. The number of ketones is 2. The van der Waals surface area contributed by atoms with E-state index in [-0.39, 0.29) is 47.1 Å². The third kappa shape index (κ3) is 4.70. The number of hydrogen-bond acceptors (Lipinski definition) is 8. The van der Waals surface area contributed by atoms with Gasteiger partial charge in [-0.05, 0) is 54.2 Å². The highest BCUT2D eigenvalue weighted by atomic mass is 16.6. The number of nitrogens with zero attached hydrogens (tertiary/aromatic N) is 2. The molecule has 0 bridgehead atoms. The number of aromatic hydroxyl groups is 1. The summed E-state index contributed by atoms with van der Waals surface area (Å²) in [7, 11) is 1.48. The minimum absolute atomic E-state index is 0.108. The molecule has 4 aliphatic rings. The van der Waals surface area contributed by atoms with Gasteiger partial charge in [-0.15, -0.1) is 0 Å². The second kappa shape index (κ2) is 12.0. The molecule has 254 valence electrons. The van der Waals surface area contributed by atoms with Gasteiger partial charge in [-0.1, -0.05) is 78.4 Å². The Labute approximate surface area is 292 Å². The molecule has 4 aromatic rings. The first-order valence-electron chi connectivity index (χ1n) is 16.8. The van der Waals surface area contributed by atoms with E-state index < -0.39 is 51.7 Å². The van der Waals surface area contributed by atoms with Crippen molar-refractivity contribution in [3.05, 3.63) is 148 Å². The zero-order valence-electron chi connectivity index (χ0n) is 27.5. The Morgan fingerprint density at radius 2 is 1.55 bits per heavy atom. The lowest BCUT2D eigenvalue weighted by Gasteiger charge is -2.55. The molecule has 1 saturated heterocycles. The van der Waals surface area contributed by atoms with Crippen LogP contribution in [0.15, 0.2) is 121 Å². The van der Waals surface area contributed by atoms with Crippen LogP contribution in [0.25, 0.3) is 5.57 Å². The third-order valence-electron chi connectivity index (χ3n) is 11.2. The Kier molecular flexibility index (Phi) is 7.55. The van der Waals surface area contributed by atoms with Crippen LogP contribution in [-0.4, -0.2) is 40.5 Å². The molecular weight excluding hydrogens is 648 g/mol. The number of fused-ring (bicyclic) bond motifs is 4. The van der Waals surface area contributed by atoms with Crippen molar-refractivity contribution in [2.24, 2.45) is 23.7 Å². The number of amides is 2. The number of ether oxygens (including phenoxy) is 1. The molecule has 10 heteroatoms. The van der Waals surface area contributed by atoms with Gasteiger partial charge in [0.25, 0.3) is 5.69 Å². The Morgan fingerprint density at radius 3 is 2.20 bits per heavy atom. The minimum Gasteiger partial charge on any atom is -0.508 e. The number of allylic oxidation sites excluding steroid dienone is 4. The summed E-state index contributed by atoms with van der Waals surface area (Å²) in [5.41, 5.74) is 1.16. The molecule has 0 unspecified atom stereocenters. The lowest BCUT2D eigenvalue weighted by Crippen LogP contribution is -2.58. The number of nitro groups is 1. The summed E-state index contributed by atoms with van der Waals surface area (Å²) >= 11 is 0. The minimum atomic E-state index is -1.48. The van der Waals surface area contributed by atoms with Crippen molar-refractivity contribution in [1.29, 1.82) is 0 Å². The highest BCUT2D eigenvalue weighted by molar-refractivity contribution is 6.32. The van der Waals surface area contributed by atoms with E-state index in [1.54, 1.807) is 36.4 Å². The summed E-state index contributed by atoms with van der Waals surface area (Å²) in [5, 5.41) is 22.9. The standard InChI is InChI=1S/C41H32N2O8/c1-51-27-16-17-29(34(44)20-27)37-28-18-19-30-36(40(48)42(39(30)47)25-12-14-26(15-13-25)43(49)50)32(28)21-33-38(46)31(23-8-4-2-5-9-23)22-35(45)41(33,37)24-10-6-3-7-11-24/h2-18,20,22,30,32-33,36-37,44H,19,21H2,1H3/t30-,32+,33-,36-,37+,41-/m0/s1. The van der Waals surface area contributed by atoms with E-state index in [0.717, 1.165) is 4.90 Å². The summed E-state index contributed by atoms with van der Waals surface area (Å²) in [6, 6.07) is 28.3. The van der Waals surface area contributed by atoms with Gasteiger partial charge in [0.2, 0.25) is 11.8 Å². The average Bonchev–Trinajstić information content (AvgIpc) is 3.41. The summed E-state index contributed by atoms with van der Waals surface area (Å²) < 4.78 is 5.39. The van der Waals surface area contributed by atoms with Crippen LogP contribution in [0.2, 0.25) is 0 Å². The fourth-order valence-electron chi connectivity index (χ4n) is 9.09. The number of imide groups is 1. The largest absolute Gasteiger partial charge is 0.508 e. The number of hydrogen-bond donors (Lipinski definition) is 1. The molecule has 1 aliphatic heterocycles. The SMILES string of the molecule is COc1ccc([C@H]2C3=CC[C@@H]4C(=O)N(c5ccc([N+](=O)[O-])cc5)C(=O)[C@@H]4[C@@H]3C[C@H]3C(=O)C(c4ccccc4)=CC(=O)[C@@]23c2ccccc2)c(O)c1. The average molecular weight is 681 g/mol. The summed E-state index contributed by atoms with van der Waals surface area (Å²) in [6.45, 7) is 0. The molecule has 3 aliphatic carbocycles. The van der Waals surface area contributed by atoms with Gasteiger partial charge in [-0.3, -0.25) is 34.2 Å². The van der Waals surface area contributed by atoms with Crippen molar-refractivity contribution >= 4 is 40.3 Å². The molecular formula is C41H32N2O8. The monoisotopic (exact) mass is 680 g/mol. The van der Waals surface area contributed by atoms with Crippen LogP contribution >= 0.6 is 0 Å². The van der Waals surface area contributed by atoms with Crippen LogP contribution in [0.4, 0.5) is 11.4 Å². The van der Waals surface area contributed by atoms with Gasteiger partial charge in [0, 0.05) is 41.2 Å². The van der Waals surface area contributed by atoms with E-state index in [1.165, 1.54) is 43.5 Å². The predicted molar refractivity (Wildman–Crippen MR) is 187 cm³/mol. The number of phenols is 1.